The second-order valence-corrected chi connectivity index (χ2v) is 6.49. The van der Waals surface area contributed by atoms with E-state index in [0.29, 0.717) is 18.2 Å². The number of halogens is 1. The number of hydrogen-bond acceptors (Lipinski definition) is 3. The summed E-state index contributed by atoms with van der Waals surface area (Å²) in [7, 11) is 0. The number of benzene rings is 1. The van der Waals surface area contributed by atoms with Gasteiger partial charge in [0.2, 0.25) is 0 Å². The van der Waals surface area contributed by atoms with Crippen LogP contribution in [0.25, 0.3) is 0 Å². The van der Waals surface area contributed by atoms with Gasteiger partial charge in [-0.05, 0) is 38.0 Å². The van der Waals surface area contributed by atoms with Crippen molar-refractivity contribution in [2.75, 3.05) is 18.5 Å². The number of nitrogens with one attached hydrogen (secondary N) is 1. The maximum Gasteiger partial charge on any atom is 0.254 e. The smallest absolute Gasteiger partial charge is 0.254 e. The zero-order chi connectivity index (χ0) is 15.5. The van der Waals surface area contributed by atoms with E-state index >= 15 is 0 Å². The van der Waals surface area contributed by atoms with Crippen LogP contribution in [0.15, 0.2) is 18.2 Å². The van der Waals surface area contributed by atoms with Gasteiger partial charge in [-0.2, -0.15) is 0 Å². The first-order valence-electron chi connectivity index (χ1n) is 7.41. The van der Waals surface area contributed by atoms with Crippen LogP contribution in [0.3, 0.4) is 0 Å². The first kappa shape index (κ1) is 16.1. The molecule has 0 aromatic heterocycles. The SMILES string of the molecule is CCCCNc1ccc(CN2OCC(C)(C)C2=O)c(Cl)c1. The number of carbonyl (C=O) groups is 1. The Bertz CT molecular complexity index is 517. The molecule has 2 rings (SSSR count). The summed E-state index contributed by atoms with van der Waals surface area (Å²) in [6, 6.07) is 5.83. The predicted molar refractivity (Wildman–Crippen MR) is 85.1 cm³/mol. The highest BCUT2D eigenvalue weighted by atomic mass is 35.5. The highest BCUT2D eigenvalue weighted by Crippen LogP contribution is 2.30. The quantitative estimate of drug-likeness (QED) is 0.811. The maximum atomic E-state index is 12.1. The van der Waals surface area contributed by atoms with Crippen LogP contribution in [0.2, 0.25) is 5.02 Å². The second kappa shape index (κ2) is 6.67. The van der Waals surface area contributed by atoms with E-state index in [4.69, 9.17) is 16.4 Å². The van der Waals surface area contributed by atoms with Crippen molar-refractivity contribution in [3.05, 3.63) is 28.8 Å². The average molecular weight is 311 g/mol. The molecule has 0 saturated carbocycles. The molecule has 21 heavy (non-hydrogen) atoms. The lowest BCUT2D eigenvalue weighted by atomic mass is 9.95. The molecule has 1 fully saturated rings. The van der Waals surface area contributed by atoms with E-state index in [-0.39, 0.29) is 5.91 Å². The van der Waals surface area contributed by atoms with E-state index in [2.05, 4.69) is 12.2 Å². The molecule has 0 spiro atoms. The Hall–Kier alpha value is -1.26. The summed E-state index contributed by atoms with van der Waals surface area (Å²) in [6.07, 6.45) is 2.29. The van der Waals surface area contributed by atoms with Crippen molar-refractivity contribution >= 4 is 23.2 Å². The van der Waals surface area contributed by atoms with Crippen LogP contribution in [0.1, 0.15) is 39.2 Å². The number of nitrogens with zero attached hydrogens (tertiary/aromatic N) is 1. The Morgan fingerprint density at radius 3 is 2.76 bits per heavy atom. The minimum absolute atomic E-state index is 0.00344. The van der Waals surface area contributed by atoms with Gasteiger partial charge in [0.25, 0.3) is 5.91 Å². The zero-order valence-corrected chi connectivity index (χ0v) is 13.7. The minimum Gasteiger partial charge on any atom is -0.385 e. The van der Waals surface area contributed by atoms with Gasteiger partial charge in [-0.1, -0.05) is 31.0 Å². The van der Waals surface area contributed by atoms with Crippen LogP contribution in [-0.4, -0.2) is 24.1 Å². The predicted octanol–water partition coefficient (Wildman–Crippen LogP) is 3.85. The number of hydrogen-bond donors (Lipinski definition) is 1. The van der Waals surface area contributed by atoms with Gasteiger partial charge in [0, 0.05) is 17.3 Å². The molecule has 0 unspecified atom stereocenters. The van der Waals surface area contributed by atoms with Gasteiger partial charge < -0.3 is 5.32 Å². The third-order valence-electron chi connectivity index (χ3n) is 3.61. The molecule has 0 aliphatic carbocycles. The van der Waals surface area contributed by atoms with Crippen molar-refractivity contribution in [1.29, 1.82) is 0 Å². The summed E-state index contributed by atoms with van der Waals surface area (Å²) in [5, 5.41) is 5.39. The summed E-state index contributed by atoms with van der Waals surface area (Å²) >= 11 is 6.31. The molecule has 5 heteroatoms. The fourth-order valence-electron chi connectivity index (χ4n) is 2.16. The highest BCUT2D eigenvalue weighted by Gasteiger charge is 2.40. The number of unbranched alkanes of at least 4 members (excludes halogenated alkanes) is 1. The first-order valence-corrected chi connectivity index (χ1v) is 7.79. The Kier molecular flexibility index (Phi) is 5.12. The Morgan fingerprint density at radius 1 is 1.43 bits per heavy atom. The molecule has 1 aliphatic heterocycles. The van der Waals surface area contributed by atoms with Gasteiger partial charge in [0.05, 0.1) is 18.6 Å². The second-order valence-electron chi connectivity index (χ2n) is 6.09. The minimum atomic E-state index is -0.450. The largest absolute Gasteiger partial charge is 0.385 e. The average Bonchev–Trinajstić information content (AvgIpc) is 2.69. The van der Waals surface area contributed by atoms with E-state index in [9.17, 15) is 4.79 Å². The molecular formula is C16H23ClN2O2. The Balaban J connectivity index is 2.00. The zero-order valence-electron chi connectivity index (χ0n) is 12.9. The molecule has 1 aliphatic rings. The molecular weight excluding hydrogens is 288 g/mol. The molecule has 1 N–H and O–H groups in total. The van der Waals surface area contributed by atoms with E-state index in [1.54, 1.807) is 0 Å². The fourth-order valence-corrected chi connectivity index (χ4v) is 2.40. The van der Waals surface area contributed by atoms with Gasteiger partial charge in [-0.25, -0.2) is 5.06 Å². The third kappa shape index (κ3) is 3.89. The lowest BCUT2D eigenvalue weighted by Gasteiger charge is -2.17. The molecule has 4 nitrogen and oxygen atoms in total. The van der Waals surface area contributed by atoms with Crippen molar-refractivity contribution < 1.29 is 9.63 Å². The van der Waals surface area contributed by atoms with Gasteiger partial charge >= 0.3 is 0 Å². The maximum absolute atomic E-state index is 12.1. The molecule has 1 aromatic rings. The number of amides is 1. The molecule has 1 amide bonds. The Morgan fingerprint density at radius 2 is 2.19 bits per heavy atom. The van der Waals surface area contributed by atoms with Crippen LogP contribution in [0.5, 0.6) is 0 Å². The molecule has 1 saturated heterocycles. The molecule has 0 atom stereocenters. The van der Waals surface area contributed by atoms with Crippen molar-refractivity contribution in [1.82, 2.24) is 5.06 Å². The van der Waals surface area contributed by atoms with E-state index < -0.39 is 5.41 Å². The molecule has 0 bridgehead atoms. The van der Waals surface area contributed by atoms with Crippen molar-refractivity contribution in [2.24, 2.45) is 5.41 Å². The summed E-state index contributed by atoms with van der Waals surface area (Å²) in [6.45, 7) is 7.67. The van der Waals surface area contributed by atoms with E-state index in [1.165, 1.54) is 5.06 Å². The molecule has 0 radical (unpaired) electrons. The summed E-state index contributed by atoms with van der Waals surface area (Å²) in [5.74, 6) is 0.00344. The standard InChI is InChI=1S/C16H23ClN2O2/c1-4-5-8-18-13-7-6-12(14(17)9-13)10-19-15(20)16(2,3)11-21-19/h6-7,9,18H,4-5,8,10-11H2,1-3H3. The van der Waals surface area contributed by atoms with Crippen molar-refractivity contribution in [2.45, 2.75) is 40.2 Å². The lowest BCUT2D eigenvalue weighted by Crippen LogP contribution is -2.30. The number of carbonyl (C=O) groups excluding carboxylic acids is 1. The topological polar surface area (TPSA) is 41.6 Å². The first-order chi connectivity index (χ1) is 9.94. The summed E-state index contributed by atoms with van der Waals surface area (Å²) in [5.41, 5.74) is 1.45. The number of rotatable bonds is 6. The number of anilines is 1. The molecule has 1 heterocycles. The normalized spacial score (nSPS) is 17.3. The number of hydroxylamine groups is 2. The van der Waals surface area contributed by atoms with Gasteiger partial charge in [0.1, 0.15) is 0 Å². The summed E-state index contributed by atoms with van der Waals surface area (Å²) < 4.78 is 0. The molecule has 1 aromatic carbocycles. The monoisotopic (exact) mass is 310 g/mol. The van der Waals surface area contributed by atoms with Crippen LogP contribution in [0.4, 0.5) is 5.69 Å². The molecule has 116 valence electrons. The van der Waals surface area contributed by atoms with Crippen LogP contribution >= 0.6 is 11.6 Å². The van der Waals surface area contributed by atoms with Crippen LogP contribution < -0.4 is 5.32 Å². The fraction of sp³-hybridized carbons (Fsp3) is 0.562. The van der Waals surface area contributed by atoms with E-state index in [0.717, 1.165) is 30.6 Å². The van der Waals surface area contributed by atoms with Crippen molar-refractivity contribution in [3.8, 4) is 0 Å². The third-order valence-corrected chi connectivity index (χ3v) is 3.97. The Labute approximate surface area is 131 Å². The highest BCUT2D eigenvalue weighted by molar-refractivity contribution is 6.31. The lowest BCUT2D eigenvalue weighted by molar-refractivity contribution is -0.165. The van der Waals surface area contributed by atoms with Gasteiger partial charge in [0.15, 0.2) is 0 Å². The van der Waals surface area contributed by atoms with E-state index in [1.807, 2.05) is 32.0 Å². The van der Waals surface area contributed by atoms with Crippen LogP contribution in [0, 0.1) is 5.41 Å². The van der Waals surface area contributed by atoms with Gasteiger partial charge in [-0.15, -0.1) is 0 Å². The summed E-state index contributed by atoms with van der Waals surface area (Å²) in [4.78, 5) is 17.6. The van der Waals surface area contributed by atoms with Crippen molar-refractivity contribution in [3.63, 3.8) is 0 Å². The van der Waals surface area contributed by atoms with Crippen LogP contribution in [-0.2, 0) is 16.2 Å². The van der Waals surface area contributed by atoms with Gasteiger partial charge in [-0.3, -0.25) is 9.63 Å².